The van der Waals surface area contributed by atoms with E-state index in [1.54, 1.807) is 0 Å². The Morgan fingerprint density at radius 1 is 1.25 bits per heavy atom. The van der Waals surface area contributed by atoms with Crippen LogP contribution in [0.1, 0.15) is 33.1 Å². The highest BCUT2D eigenvalue weighted by atomic mass is 32.2. The van der Waals surface area contributed by atoms with Gasteiger partial charge in [0.2, 0.25) is 5.91 Å². The molecule has 0 saturated carbocycles. The molecule has 4 nitrogen and oxygen atoms in total. The molecule has 1 aliphatic heterocycles. The largest absolute Gasteiger partial charge is 0.342 e. The Morgan fingerprint density at radius 3 is 2.19 bits per heavy atom. The van der Waals surface area contributed by atoms with Crippen molar-refractivity contribution in [1.82, 2.24) is 4.90 Å². The molecule has 1 atom stereocenters. The molecular weight excluding hydrogens is 226 g/mol. The van der Waals surface area contributed by atoms with Gasteiger partial charge in [-0.3, -0.25) is 4.79 Å². The Kier molecular flexibility index (Phi) is 4.77. The summed E-state index contributed by atoms with van der Waals surface area (Å²) in [7, 11) is -2.95. The van der Waals surface area contributed by atoms with Gasteiger partial charge < -0.3 is 4.90 Å². The third-order valence-corrected chi connectivity index (χ3v) is 4.65. The lowest BCUT2D eigenvalue weighted by atomic mass is 10.1. The molecule has 1 heterocycles. The Morgan fingerprint density at radius 2 is 1.81 bits per heavy atom. The summed E-state index contributed by atoms with van der Waals surface area (Å²) in [5.74, 6) is -0.0292. The third kappa shape index (κ3) is 3.47. The predicted molar refractivity (Wildman–Crippen MR) is 63.9 cm³/mol. The number of rotatable bonds is 5. The lowest BCUT2D eigenvalue weighted by Crippen LogP contribution is -2.37. The van der Waals surface area contributed by atoms with Crippen LogP contribution in [0.3, 0.4) is 0 Å². The Hall–Kier alpha value is -0.580. The van der Waals surface area contributed by atoms with E-state index in [4.69, 9.17) is 0 Å². The number of carbonyl (C=O) groups is 1. The van der Waals surface area contributed by atoms with Crippen molar-refractivity contribution in [3.63, 3.8) is 0 Å². The van der Waals surface area contributed by atoms with Crippen LogP contribution < -0.4 is 0 Å². The van der Waals surface area contributed by atoms with Crippen molar-refractivity contribution in [3.05, 3.63) is 0 Å². The van der Waals surface area contributed by atoms with Crippen molar-refractivity contribution >= 4 is 15.7 Å². The molecule has 16 heavy (non-hydrogen) atoms. The molecule has 0 aromatic heterocycles. The molecule has 5 heteroatoms. The molecule has 1 saturated heterocycles. The maximum absolute atomic E-state index is 12.1. The predicted octanol–water partition coefficient (Wildman–Crippen LogP) is 1.07. The number of amides is 1. The fourth-order valence-corrected chi connectivity index (χ4v) is 3.85. The van der Waals surface area contributed by atoms with Crippen LogP contribution in [0.5, 0.6) is 0 Å². The number of sulfone groups is 1. The topological polar surface area (TPSA) is 54.5 Å². The van der Waals surface area contributed by atoms with Gasteiger partial charge in [-0.25, -0.2) is 8.42 Å². The summed E-state index contributed by atoms with van der Waals surface area (Å²) in [6, 6.07) is 0. The third-order valence-electron chi connectivity index (χ3n) is 2.88. The fourth-order valence-electron chi connectivity index (χ4n) is 2.12. The summed E-state index contributed by atoms with van der Waals surface area (Å²) in [6.07, 6.45) is 2.35. The van der Waals surface area contributed by atoms with E-state index >= 15 is 0 Å². The highest BCUT2D eigenvalue weighted by Crippen LogP contribution is 2.20. The summed E-state index contributed by atoms with van der Waals surface area (Å²) in [5.41, 5.74) is 0. The van der Waals surface area contributed by atoms with Crippen LogP contribution in [0.15, 0.2) is 0 Å². The summed E-state index contributed by atoms with van der Waals surface area (Å²) in [6.45, 7) is 5.54. The number of hydrogen-bond donors (Lipinski definition) is 0. The smallest absolute Gasteiger partial charge is 0.226 e. The van der Waals surface area contributed by atoms with Gasteiger partial charge in [0, 0.05) is 13.1 Å². The number of carbonyl (C=O) groups excluding carboxylic acids is 1. The van der Waals surface area contributed by atoms with Gasteiger partial charge in [-0.2, -0.15) is 0 Å². The van der Waals surface area contributed by atoms with E-state index in [1.807, 2.05) is 18.7 Å². The van der Waals surface area contributed by atoms with Crippen molar-refractivity contribution in [2.45, 2.75) is 33.1 Å². The van der Waals surface area contributed by atoms with Crippen molar-refractivity contribution < 1.29 is 13.2 Å². The van der Waals surface area contributed by atoms with E-state index in [0.717, 1.165) is 25.9 Å². The molecule has 1 fully saturated rings. The average molecular weight is 247 g/mol. The second-order valence-electron chi connectivity index (χ2n) is 4.43. The van der Waals surface area contributed by atoms with Gasteiger partial charge in [0.25, 0.3) is 0 Å². The molecule has 0 N–H and O–H groups in total. The molecule has 0 aromatic carbocycles. The minimum atomic E-state index is -2.95. The summed E-state index contributed by atoms with van der Waals surface area (Å²) >= 11 is 0. The molecule has 0 aliphatic carbocycles. The summed E-state index contributed by atoms with van der Waals surface area (Å²) in [5, 5.41) is 0. The van der Waals surface area contributed by atoms with Crippen LogP contribution in [0.4, 0.5) is 0 Å². The Balaban J connectivity index is 2.61. The van der Waals surface area contributed by atoms with Crippen LogP contribution in [0.2, 0.25) is 0 Å². The molecule has 0 bridgehead atoms. The van der Waals surface area contributed by atoms with Crippen molar-refractivity contribution in [2.75, 3.05) is 24.6 Å². The van der Waals surface area contributed by atoms with Crippen LogP contribution in [-0.4, -0.2) is 43.8 Å². The zero-order valence-corrected chi connectivity index (χ0v) is 10.9. The van der Waals surface area contributed by atoms with Gasteiger partial charge in [-0.15, -0.1) is 0 Å². The van der Waals surface area contributed by atoms with Gasteiger partial charge in [0.05, 0.1) is 17.4 Å². The molecule has 0 aromatic rings. The highest BCUT2D eigenvalue weighted by Gasteiger charge is 2.34. The molecule has 0 radical (unpaired) electrons. The second-order valence-corrected chi connectivity index (χ2v) is 6.65. The van der Waals surface area contributed by atoms with E-state index < -0.39 is 9.84 Å². The van der Waals surface area contributed by atoms with Crippen LogP contribution in [0, 0.1) is 5.92 Å². The van der Waals surface area contributed by atoms with Gasteiger partial charge in [0.1, 0.15) is 0 Å². The van der Waals surface area contributed by atoms with Gasteiger partial charge in [0.15, 0.2) is 9.84 Å². The van der Waals surface area contributed by atoms with E-state index in [1.165, 1.54) is 0 Å². The monoisotopic (exact) mass is 247 g/mol. The lowest BCUT2D eigenvalue weighted by Gasteiger charge is -2.24. The minimum Gasteiger partial charge on any atom is -0.342 e. The number of hydrogen-bond acceptors (Lipinski definition) is 3. The molecule has 1 aliphatic rings. The standard InChI is InChI=1S/C11H21NO3S/c1-3-6-12(7-4-2)11(13)10-5-8-16(14,15)9-10/h10H,3-9H2,1-2H3. The quantitative estimate of drug-likeness (QED) is 0.730. The van der Waals surface area contributed by atoms with E-state index in [0.29, 0.717) is 6.42 Å². The maximum Gasteiger partial charge on any atom is 0.226 e. The average Bonchev–Trinajstić information content (AvgIpc) is 2.57. The van der Waals surface area contributed by atoms with Gasteiger partial charge in [-0.1, -0.05) is 13.8 Å². The van der Waals surface area contributed by atoms with Crippen molar-refractivity contribution in [1.29, 1.82) is 0 Å². The summed E-state index contributed by atoms with van der Waals surface area (Å²) in [4.78, 5) is 13.9. The van der Waals surface area contributed by atoms with E-state index in [9.17, 15) is 13.2 Å². The van der Waals surface area contributed by atoms with Crippen LogP contribution >= 0.6 is 0 Å². The number of nitrogens with zero attached hydrogens (tertiary/aromatic N) is 1. The second kappa shape index (κ2) is 5.66. The zero-order chi connectivity index (χ0) is 12.2. The van der Waals surface area contributed by atoms with E-state index in [2.05, 4.69) is 0 Å². The van der Waals surface area contributed by atoms with Crippen molar-refractivity contribution in [2.24, 2.45) is 5.92 Å². The fraction of sp³-hybridized carbons (Fsp3) is 0.909. The molecule has 1 unspecified atom stereocenters. The SMILES string of the molecule is CCCN(CCC)C(=O)C1CCS(=O)(=O)C1. The van der Waals surface area contributed by atoms with E-state index in [-0.39, 0.29) is 23.3 Å². The lowest BCUT2D eigenvalue weighted by molar-refractivity contribution is -0.134. The Bertz CT molecular complexity index is 331. The first kappa shape index (κ1) is 13.5. The minimum absolute atomic E-state index is 0.0322. The van der Waals surface area contributed by atoms with Crippen LogP contribution in [0.25, 0.3) is 0 Å². The summed E-state index contributed by atoms with van der Waals surface area (Å²) < 4.78 is 22.6. The first-order chi connectivity index (χ1) is 7.50. The first-order valence-corrected chi connectivity index (χ1v) is 7.81. The first-order valence-electron chi connectivity index (χ1n) is 5.99. The maximum atomic E-state index is 12.1. The molecule has 0 spiro atoms. The normalized spacial score (nSPS) is 23.2. The van der Waals surface area contributed by atoms with Gasteiger partial charge >= 0.3 is 0 Å². The zero-order valence-electron chi connectivity index (χ0n) is 10.1. The van der Waals surface area contributed by atoms with Gasteiger partial charge in [-0.05, 0) is 19.3 Å². The molecule has 1 rings (SSSR count). The van der Waals surface area contributed by atoms with Crippen molar-refractivity contribution in [3.8, 4) is 0 Å². The Labute approximate surface area is 97.9 Å². The molecule has 94 valence electrons. The molecular formula is C11H21NO3S. The van der Waals surface area contributed by atoms with Crippen LogP contribution in [-0.2, 0) is 14.6 Å². The molecule has 1 amide bonds. The highest BCUT2D eigenvalue weighted by molar-refractivity contribution is 7.91.